The van der Waals surface area contributed by atoms with Crippen molar-refractivity contribution in [2.45, 2.75) is 0 Å². The highest BCUT2D eigenvalue weighted by Crippen LogP contribution is 2.47. The average Bonchev–Trinajstić information content (AvgIpc) is 3.13. The summed E-state index contributed by atoms with van der Waals surface area (Å²) in [6.45, 7) is 0. The second kappa shape index (κ2) is 10.9. The van der Waals surface area contributed by atoms with Gasteiger partial charge in [-0.15, -0.1) is 0 Å². The lowest BCUT2D eigenvalue weighted by Gasteiger charge is -2.21. The number of benzene rings is 9. The fourth-order valence-electron chi connectivity index (χ4n) is 7.34. The molecule has 214 valence electrons. The van der Waals surface area contributed by atoms with E-state index in [1.54, 1.807) is 0 Å². The van der Waals surface area contributed by atoms with Gasteiger partial charge in [0.1, 0.15) is 0 Å². The van der Waals surface area contributed by atoms with Crippen LogP contribution in [-0.4, -0.2) is 0 Å². The molecule has 0 heterocycles. The minimum atomic E-state index is 1.22. The summed E-state index contributed by atoms with van der Waals surface area (Å²) < 4.78 is 0. The first-order valence-electron chi connectivity index (χ1n) is 15.9. The molecule has 0 radical (unpaired) electrons. The number of hydrogen-bond donors (Lipinski definition) is 0. The van der Waals surface area contributed by atoms with Crippen molar-refractivity contribution in [1.29, 1.82) is 0 Å². The fraction of sp³-hybridized carbons (Fsp3) is 0. The Morgan fingerprint density at radius 2 is 0.783 bits per heavy atom. The Balaban J connectivity index is 1.43. The molecule has 0 unspecified atom stereocenters. The van der Waals surface area contributed by atoms with Gasteiger partial charge in [0.2, 0.25) is 0 Å². The molecule has 9 rings (SSSR count). The third-order valence-corrected chi connectivity index (χ3v) is 9.44. The van der Waals surface area contributed by atoms with Crippen molar-refractivity contribution < 1.29 is 0 Å². The van der Waals surface area contributed by atoms with E-state index in [1.807, 2.05) is 0 Å². The minimum absolute atomic E-state index is 1.22. The summed E-state index contributed by atoms with van der Waals surface area (Å²) in [5.41, 5.74) is 9.98. The van der Waals surface area contributed by atoms with Crippen LogP contribution >= 0.6 is 0 Å². The van der Waals surface area contributed by atoms with Crippen molar-refractivity contribution in [2.75, 3.05) is 0 Å². The highest BCUT2D eigenvalue weighted by atomic mass is 14.2. The van der Waals surface area contributed by atoms with Crippen molar-refractivity contribution in [1.82, 2.24) is 0 Å². The molecule has 0 fully saturated rings. The molecule has 0 saturated carbocycles. The highest BCUT2D eigenvalue weighted by Gasteiger charge is 2.20. The van der Waals surface area contributed by atoms with Crippen molar-refractivity contribution in [3.63, 3.8) is 0 Å². The summed E-state index contributed by atoms with van der Waals surface area (Å²) in [5, 5.41) is 10.1. The second-order valence-electron chi connectivity index (χ2n) is 12.1. The molecular formula is C46H30. The van der Waals surface area contributed by atoms with Crippen LogP contribution in [0.25, 0.3) is 87.6 Å². The lowest BCUT2D eigenvalue weighted by atomic mass is 9.82. The monoisotopic (exact) mass is 582 g/mol. The van der Waals surface area contributed by atoms with Gasteiger partial charge in [0.25, 0.3) is 0 Å². The molecular weight excluding hydrogens is 553 g/mol. The summed E-state index contributed by atoms with van der Waals surface area (Å²) in [6, 6.07) is 66.6. The van der Waals surface area contributed by atoms with Crippen LogP contribution in [0, 0.1) is 0 Å². The molecule has 0 heteroatoms. The Labute approximate surface area is 268 Å². The predicted octanol–water partition coefficient (Wildman–Crippen LogP) is 13.0. The topological polar surface area (TPSA) is 0 Å². The van der Waals surface area contributed by atoms with Gasteiger partial charge in [-0.25, -0.2) is 0 Å². The summed E-state index contributed by atoms with van der Waals surface area (Å²) in [6.07, 6.45) is 0. The van der Waals surface area contributed by atoms with E-state index < -0.39 is 0 Å². The third kappa shape index (κ3) is 4.30. The van der Waals surface area contributed by atoms with Crippen LogP contribution in [0.5, 0.6) is 0 Å². The Kier molecular flexibility index (Phi) is 6.25. The average molecular weight is 583 g/mol. The summed E-state index contributed by atoms with van der Waals surface area (Å²) in [7, 11) is 0. The van der Waals surface area contributed by atoms with Crippen LogP contribution < -0.4 is 0 Å². The van der Waals surface area contributed by atoms with E-state index in [1.165, 1.54) is 87.6 Å². The molecule has 0 N–H and O–H groups in total. The maximum Gasteiger partial charge on any atom is -0.00201 e. The van der Waals surface area contributed by atoms with Crippen molar-refractivity contribution in [3.05, 3.63) is 182 Å². The van der Waals surface area contributed by atoms with E-state index >= 15 is 0 Å². The standard InChI is InChI=1S/C46H30/c1-2-14-32(15-3-1)38-20-8-9-21-40(38)46-42-23-11-10-22-41(42)45(36-26-25-31-13-4-5-17-34(31)29-36)44-30-35(27-28-43(44)46)39-24-12-18-33-16-6-7-19-37(33)39/h1-30H. The maximum absolute atomic E-state index is 2.43. The first kappa shape index (κ1) is 26.4. The fourth-order valence-corrected chi connectivity index (χ4v) is 7.34. The first-order valence-corrected chi connectivity index (χ1v) is 15.9. The number of rotatable bonds is 4. The molecule has 0 aliphatic carbocycles. The van der Waals surface area contributed by atoms with E-state index in [9.17, 15) is 0 Å². The zero-order valence-electron chi connectivity index (χ0n) is 25.3. The van der Waals surface area contributed by atoms with E-state index in [2.05, 4.69) is 182 Å². The van der Waals surface area contributed by atoms with Gasteiger partial charge in [-0.3, -0.25) is 0 Å². The molecule has 0 nitrogen and oxygen atoms in total. The molecule has 0 amide bonds. The quantitative estimate of drug-likeness (QED) is 0.181. The van der Waals surface area contributed by atoms with E-state index in [4.69, 9.17) is 0 Å². The second-order valence-corrected chi connectivity index (χ2v) is 12.1. The molecule has 9 aromatic rings. The maximum atomic E-state index is 2.43. The molecule has 0 spiro atoms. The number of hydrogen-bond acceptors (Lipinski definition) is 0. The summed E-state index contributed by atoms with van der Waals surface area (Å²) >= 11 is 0. The normalized spacial score (nSPS) is 11.5. The molecule has 9 aromatic carbocycles. The zero-order valence-corrected chi connectivity index (χ0v) is 25.3. The Morgan fingerprint density at radius 3 is 1.61 bits per heavy atom. The first-order chi connectivity index (χ1) is 22.8. The summed E-state index contributed by atoms with van der Waals surface area (Å²) in [5.74, 6) is 0. The molecule has 0 aromatic heterocycles. The van der Waals surface area contributed by atoms with Gasteiger partial charge in [0.15, 0.2) is 0 Å². The van der Waals surface area contributed by atoms with Gasteiger partial charge in [-0.1, -0.05) is 170 Å². The van der Waals surface area contributed by atoms with E-state index in [0.717, 1.165) is 0 Å². The predicted molar refractivity (Wildman–Crippen MR) is 198 cm³/mol. The zero-order chi connectivity index (χ0) is 30.5. The number of fused-ring (bicyclic) bond motifs is 4. The van der Waals surface area contributed by atoms with Gasteiger partial charge < -0.3 is 0 Å². The van der Waals surface area contributed by atoms with E-state index in [0.29, 0.717) is 0 Å². The Hall–Kier alpha value is -5.98. The lowest BCUT2D eigenvalue weighted by Crippen LogP contribution is -1.93. The van der Waals surface area contributed by atoms with Gasteiger partial charge >= 0.3 is 0 Å². The molecule has 0 saturated heterocycles. The molecule has 0 bridgehead atoms. The highest BCUT2D eigenvalue weighted by molar-refractivity contribution is 6.23. The largest absolute Gasteiger partial charge is 0.0622 e. The van der Waals surface area contributed by atoms with Gasteiger partial charge in [0, 0.05) is 0 Å². The molecule has 0 aliphatic rings. The summed E-state index contributed by atoms with van der Waals surface area (Å²) in [4.78, 5) is 0. The van der Waals surface area contributed by atoms with Gasteiger partial charge in [-0.05, 0) is 99.7 Å². The van der Waals surface area contributed by atoms with E-state index in [-0.39, 0.29) is 0 Å². The molecule has 46 heavy (non-hydrogen) atoms. The van der Waals surface area contributed by atoms with Crippen LogP contribution in [0.2, 0.25) is 0 Å². The Morgan fingerprint density at radius 1 is 0.217 bits per heavy atom. The van der Waals surface area contributed by atoms with Crippen LogP contribution in [0.4, 0.5) is 0 Å². The minimum Gasteiger partial charge on any atom is -0.0622 e. The van der Waals surface area contributed by atoms with Crippen molar-refractivity contribution >= 4 is 43.1 Å². The molecule has 0 atom stereocenters. The van der Waals surface area contributed by atoms with Crippen LogP contribution in [-0.2, 0) is 0 Å². The van der Waals surface area contributed by atoms with Crippen LogP contribution in [0.15, 0.2) is 182 Å². The SMILES string of the molecule is c1ccc(-c2ccccc2-c2c3ccccc3c(-c3ccc4ccccc4c3)c3cc(-c4cccc5ccccc45)ccc23)cc1. The van der Waals surface area contributed by atoms with Crippen LogP contribution in [0.1, 0.15) is 0 Å². The molecule has 0 aliphatic heterocycles. The van der Waals surface area contributed by atoms with Crippen LogP contribution in [0.3, 0.4) is 0 Å². The van der Waals surface area contributed by atoms with Crippen molar-refractivity contribution in [3.8, 4) is 44.5 Å². The lowest BCUT2D eigenvalue weighted by molar-refractivity contribution is 1.60. The van der Waals surface area contributed by atoms with Crippen molar-refractivity contribution in [2.24, 2.45) is 0 Å². The Bertz CT molecular complexity index is 2570. The smallest absolute Gasteiger partial charge is 0.00201 e. The third-order valence-electron chi connectivity index (χ3n) is 9.44. The van der Waals surface area contributed by atoms with Gasteiger partial charge in [-0.2, -0.15) is 0 Å². The van der Waals surface area contributed by atoms with Gasteiger partial charge in [0.05, 0.1) is 0 Å².